The van der Waals surface area contributed by atoms with Gasteiger partial charge < -0.3 is 10.9 Å². The lowest BCUT2D eigenvalue weighted by Gasteiger charge is -2.32. The van der Waals surface area contributed by atoms with E-state index >= 15 is 0 Å². The van der Waals surface area contributed by atoms with E-state index in [9.17, 15) is 0 Å². The minimum atomic E-state index is 0.183. The van der Waals surface area contributed by atoms with Crippen molar-refractivity contribution in [3.05, 3.63) is 34.9 Å². The second-order valence-electron chi connectivity index (χ2n) is 5.47. The van der Waals surface area contributed by atoms with E-state index in [0.717, 1.165) is 32.5 Å². The van der Waals surface area contributed by atoms with Crippen LogP contribution in [0.25, 0.3) is 0 Å². The molecule has 4 heteroatoms. The van der Waals surface area contributed by atoms with Crippen LogP contribution in [0.3, 0.4) is 0 Å². The maximum absolute atomic E-state index is 8.80. The standard InChI is InChI=1S/C15H23N3O/c1-11-5-3-6-12(2)14(11)10-18-8-4-7-13(9-18)15(16)17-19/h3,5-6,13,19H,4,7-10H2,1-2H3,(H2,16,17). The van der Waals surface area contributed by atoms with Crippen molar-refractivity contribution in [2.75, 3.05) is 13.1 Å². The zero-order valence-corrected chi connectivity index (χ0v) is 11.8. The van der Waals surface area contributed by atoms with Crippen molar-refractivity contribution in [3.8, 4) is 0 Å². The molecule has 3 N–H and O–H groups in total. The number of oxime groups is 1. The van der Waals surface area contributed by atoms with E-state index in [0.29, 0.717) is 5.84 Å². The molecule has 1 atom stereocenters. The lowest BCUT2D eigenvalue weighted by Crippen LogP contribution is -2.41. The molecule has 0 aliphatic carbocycles. The molecule has 0 radical (unpaired) electrons. The molecule has 0 bridgehead atoms. The van der Waals surface area contributed by atoms with Crippen LogP contribution in [0.2, 0.25) is 0 Å². The van der Waals surface area contributed by atoms with Crippen LogP contribution in [-0.2, 0) is 6.54 Å². The van der Waals surface area contributed by atoms with E-state index in [-0.39, 0.29) is 5.92 Å². The van der Waals surface area contributed by atoms with Gasteiger partial charge in [-0.1, -0.05) is 23.4 Å². The maximum atomic E-state index is 8.80. The predicted molar refractivity (Wildman–Crippen MR) is 77.3 cm³/mol. The van der Waals surface area contributed by atoms with Gasteiger partial charge in [0.05, 0.1) is 0 Å². The van der Waals surface area contributed by atoms with Gasteiger partial charge in [-0.2, -0.15) is 0 Å². The number of aryl methyl sites for hydroxylation is 2. The molecule has 1 fully saturated rings. The van der Waals surface area contributed by atoms with Gasteiger partial charge in [-0.15, -0.1) is 0 Å². The van der Waals surface area contributed by atoms with Crippen molar-refractivity contribution < 1.29 is 5.21 Å². The van der Waals surface area contributed by atoms with Gasteiger partial charge in [-0.25, -0.2) is 0 Å². The SMILES string of the molecule is Cc1cccc(C)c1CN1CCCC(/C(N)=N/O)C1. The summed E-state index contributed by atoms with van der Waals surface area (Å²) in [6.07, 6.45) is 2.12. The quantitative estimate of drug-likeness (QED) is 0.380. The fourth-order valence-electron chi connectivity index (χ4n) is 2.84. The number of nitrogens with zero attached hydrogens (tertiary/aromatic N) is 2. The highest BCUT2D eigenvalue weighted by molar-refractivity contribution is 5.82. The third kappa shape index (κ3) is 3.26. The number of piperidine rings is 1. The topological polar surface area (TPSA) is 61.8 Å². The Bertz CT molecular complexity index is 450. The molecule has 0 spiro atoms. The Morgan fingerprint density at radius 1 is 1.42 bits per heavy atom. The molecular formula is C15H23N3O. The fraction of sp³-hybridized carbons (Fsp3) is 0.533. The summed E-state index contributed by atoms with van der Waals surface area (Å²) in [5.74, 6) is 0.550. The molecule has 0 saturated carbocycles. The molecule has 1 aromatic rings. The van der Waals surface area contributed by atoms with Crippen LogP contribution in [0, 0.1) is 19.8 Å². The molecule has 1 aromatic carbocycles. The monoisotopic (exact) mass is 261 g/mol. The molecule has 1 aliphatic rings. The van der Waals surface area contributed by atoms with Gasteiger partial charge >= 0.3 is 0 Å². The maximum Gasteiger partial charge on any atom is 0.143 e. The number of hydrogen-bond acceptors (Lipinski definition) is 3. The minimum absolute atomic E-state index is 0.183. The Labute approximate surface area is 114 Å². The Kier molecular flexibility index (Phi) is 4.43. The third-order valence-corrected chi connectivity index (χ3v) is 4.07. The first kappa shape index (κ1) is 13.9. The summed E-state index contributed by atoms with van der Waals surface area (Å²) in [7, 11) is 0. The summed E-state index contributed by atoms with van der Waals surface area (Å²) < 4.78 is 0. The largest absolute Gasteiger partial charge is 0.409 e. The van der Waals surface area contributed by atoms with Crippen LogP contribution in [0.15, 0.2) is 23.4 Å². The van der Waals surface area contributed by atoms with E-state index in [4.69, 9.17) is 10.9 Å². The zero-order valence-electron chi connectivity index (χ0n) is 11.8. The summed E-state index contributed by atoms with van der Waals surface area (Å²) in [6, 6.07) is 6.42. The number of hydrogen-bond donors (Lipinski definition) is 2. The number of benzene rings is 1. The second-order valence-corrected chi connectivity index (χ2v) is 5.47. The van der Waals surface area contributed by atoms with E-state index in [1.807, 2.05) is 0 Å². The number of rotatable bonds is 3. The minimum Gasteiger partial charge on any atom is -0.409 e. The molecule has 1 heterocycles. The average Bonchev–Trinajstić information content (AvgIpc) is 2.42. The molecule has 0 amide bonds. The van der Waals surface area contributed by atoms with Gasteiger partial charge in [0.1, 0.15) is 5.84 Å². The Balaban J connectivity index is 2.07. The number of likely N-dealkylation sites (tertiary alicyclic amines) is 1. The Morgan fingerprint density at radius 2 is 2.11 bits per heavy atom. The Hall–Kier alpha value is -1.55. The van der Waals surface area contributed by atoms with Gasteiger partial charge in [0.25, 0.3) is 0 Å². The van der Waals surface area contributed by atoms with Crippen molar-refractivity contribution in [2.45, 2.75) is 33.2 Å². The lowest BCUT2D eigenvalue weighted by molar-refractivity contribution is 0.192. The Morgan fingerprint density at radius 3 is 2.74 bits per heavy atom. The second kappa shape index (κ2) is 6.06. The van der Waals surface area contributed by atoms with E-state index in [1.54, 1.807) is 0 Å². The van der Waals surface area contributed by atoms with Crippen molar-refractivity contribution in [2.24, 2.45) is 16.8 Å². The van der Waals surface area contributed by atoms with E-state index in [2.05, 4.69) is 42.1 Å². The molecule has 0 aromatic heterocycles. The van der Waals surface area contributed by atoms with Crippen molar-refractivity contribution in [1.82, 2.24) is 4.90 Å². The highest BCUT2D eigenvalue weighted by atomic mass is 16.4. The van der Waals surface area contributed by atoms with Crippen LogP contribution in [0.1, 0.15) is 29.5 Å². The van der Waals surface area contributed by atoms with Crippen molar-refractivity contribution in [1.29, 1.82) is 0 Å². The van der Waals surface area contributed by atoms with Crippen LogP contribution >= 0.6 is 0 Å². The lowest BCUT2D eigenvalue weighted by atomic mass is 9.95. The zero-order chi connectivity index (χ0) is 13.8. The number of amidine groups is 1. The van der Waals surface area contributed by atoms with Crippen molar-refractivity contribution in [3.63, 3.8) is 0 Å². The molecule has 1 saturated heterocycles. The summed E-state index contributed by atoms with van der Waals surface area (Å²) in [6.45, 7) is 7.24. The molecule has 1 aliphatic heterocycles. The average molecular weight is 261 g/mol. The van der Waals surface area contributed by atoms with Gasteiger partial charge in [-0.3, -0.25) is 4.90 Å². The van der Waals surface area contributed by atoms with Crippen LogP contribution in [-0.4, -0.2) is 29.0 Å². The van der Waals surface area contributed by atoms with Gasteiger partial charge in [0.2, 0.25) is 0 Å². The molecule has 4 nitrogen and oxygen atoms in total. The van der Waals surface area contributed by atoms with Gasteiger partial charge in [0, 0.05) is 19.0 Å². The van der Waals surface area contributed by atoms with Crippen LogP contribution in [0.5, 0.6) is 0 Å². The first-order valence-electron chi connectivity index (χ1n) is 6.86. The molecule has 19 heavy (non-hydrogen) atoms. The summed E-state index contributed by atoms with van der Waals surface area (Å²) >= 11 is 0. The summed E-state index contributed by atoms with van der Waals surface area (Å²) in [5, 5.41) is 12.0. The normalized spacial score (nSPS) is 21.6. The van der Waals surface area contributed by atoms with Gasteiger partial charge in [-0.05, 0) is 49.9 Å². The van der Waals surface area contributed by atoms with Gasteiger partial charge in [0.15, 0.2) is 0 Å². The molecular weight excluding hydrogens is 238 g/mol. The smallest absolute Gasteiger partial charge is 0.143 e. The number of nitrogens with two attached hydrogens (primary N) is 1. The van der Waals surface area contributed by atoms with E-state index in [1.165, 1.54) is 16.7 Å². The summed E-state index contributed by atoms with van der Waals surface area (Å²) in [4.78, 5) is 2.40. The first-order chi connectivity index (χ1) is 9.11. The predicted octanol–water partition coefficient (Wildman–Crippen LogP) is 2.26. The van der Waals surface area contributed by atoms with Crippen LogP contribution < -0.4 is 5.73 Å². The van der Waals surface area contributed by atoms with E-state index < -0.39 is 0 Å². The van der Waals surface area contributed by atoms with Crippen LogP contribution in [0.4, 0.5) is 0 Å². The highest BCUT2D eigenvalue weighted by Crippen LogP contribution is 2.21. The first-order valence-corrected chi connectivity index (χ1v) is 6.86. The highest BCUT2D eigenvalue weighted by Gasteiger charge is 2.23. The molecule has 2 rings (SSSR count). The molecule has 1 unspecified atom stereocenters. The molecule has 104 valence electrons. The summed E-state index contributed by atoms with van der Waals surface area (Å²) in [5.41, 5.74) is 9.82. The fourth-order valence-corrected chi connectivity index (χ4v) is 2.84. The van der Waals surface area contributed by atoms with Crippen molar-refractivity contribution >= 4 is 5.84 Å². The third-order valence-electron chi connectivity index (χ3n) is 4.07.